The van der Waals surface area contributed by atoms with Crippen molar-refractivity contribution in [1.29, 1.82) is 0 Å². The van der Waals surface area contributed by atoms with Crippen molar-refractivity contribution in [3.8, 4) is 0 Å². The van der Waals surface area contributed by atoms with E-state index < -0.39 is 11.5 Å². The Labute approximate surface area is 167 Å². The van der Waals surface area contributed by atoms with E-state index in [0.29, 0.717) is 18.5 Å². The average molecular weight is 463 g/mol. The number of anilines is 1. The molecule has 0 aromatic heterocycles. The molecule has 0 fully saturated rings. The normalized spacial score (nSPS) is 20.6. The van der Waals surface area contributed by atoms with Gasteiger partial charge in [0.2, 0.25) is 0 Å². The second kappa shape index (κ2) is 7.90. The van der Waals surface area contributed by atoms with Crippen LogP contribution in [-0.2, 0) is 16.9 Å². The van der Waals surface area contributed by atoms with Gasteiger partial charge in [-0.1, -0.05) is 49.4 Å². The number of aliphatic hydroxyl groups is 2. The smallest absolute Gasteiger partial charge is 0.264 e. The molecule has 5 heteroatoms. The summed E-state index contributed by atoms with van der Waals surface area (Å²) < 4.78 is 1.11. The van der Waals surface area contributed by atoms with Crippen molar-refractivity contribution in [3.05, 3.63) is 75.4 Å². The highest BCUT2D eigenvalue weighted by atomic mass is 127. The lowest BCUT2D eigenvalue weighted by molar-refractivity contribution is -0.139. The molecule has 4 nitrogen and oxygen atoms in total. The Balaban J connectivity index is 1.97. The van der Waals surface area contributed by atoms with Gasteiger partial charge in [-0.05, 0) is 52.8 Å². The van der Waals surface area contributed by atoms with Gasteiger partial charge in [-0.15, -0.1) is 0 Å². The highest BCUT2D eigenvalue weighted by Gasteiger charge is 2.52. The number of carbonyl (C=O) groups excluding carboxylic acids is 1. The van der Waals surface area contributed by atoms with Crippen molar-refractivity contribution < 1.29 is 15.0 Å². The van der Waals surface area contributed by atoms with Crippen molar-refractivity contribution >= 4 is 34.2 Å². The first-order chi connectivity index (χ1) is 12.5. The summed E-state index contributed by atoms with van der Waals surface area (Å²) in [5, 5.41) is 20.3. The van der Waals surface area contributed by atoms with Crippen molar-refractivity contribution in [2.75, 3.05) is 11.5 Å². The minimum absolute atomic E-state index is 0.0466. The van der Waals surface area contributed by atoms with Crippen molar-refractivity contribution in [1.82, 2.24) is 0 Å². The maximum atomic E-state index is 13.2. The first-order valence-corrected chi connectivity index (χ1v) is 9.72. The van der Waals surface area contributed by atoms with Crippen molar-refractivity contribution in [3.63, 3.8) is 0 Å². The number of fused-ring (bicyclic) bond motifs is 1. The van der Waals surface area contributed by atoms with Gasteiger partial charge < -0.3 is 15.1 Å². The quantitative estimate of drug-likeness (QED) is 0.509. The third-order valence-electron chi connectivity index (χ3n) is 4.79. The number of hydrogen-bond acceptors (Lipinski definition) is 3. The topological polar surface area (TPSA) is 60.8 Å². The number of carbonyl (C=O) groups is 1. The summed E-state index contributed by atoms with van der Waals surface area (Å²) in [6, 6.07) is 15.4. The molecule has 1 aliphatic rings. The Morgan fingerprint density at radius 3 is 2.73 bits per heavy atom. The number of halogens is 1. The highest BCUT2D eigenvalue weighted by Crippen LogP contribution is 2.45. The van der Waals surface area contributed by atoms with Crippen LogP contribution in [0.5, 0.6) is 0 Å². The zero-order valence-corrected chi connectivity index (χ0v) is 16.8. The first kappa shape index (κ1) is 19.1. The van der Waals surface area contributed by atoms with E-state index in [1.807, 2.05) is 55.5 Å². The molecular weight excluding hydrogens is 441 g/mol. The highest BCUT2D eigenvalue weighted by molar-refractivity contribution is 14.1. The Morgan fingerprint density at radius 1 is 1.23 bits per heavy atom. The molecule has 0 bridgehead atoms. The predicted octanol–water partition coefficient (Wildman–Crippen LogP) is 3.60. The van der Waals surface area contributed by atoms with Crippen LogP contribution in [0.15, 0.2) is 60.7 Å². The molecule has 1 amide bonds. The van der Waals surface area contributed by atoms with Crippen molar-refractivity contribution in [2.24, 2.45) is 5.92 Å². The maximum Gasteiger partial charge on any atom is 0.264 e. The molecule has 2 atom stereocenters. The molecule has 136 valence electrons. The summed E-state index contributed by atoms with van der Waals surface area (Å²) in [5.41, 5.74) is 0.815. The zero-order chi connectivity index (χ0) is 18.7. The Hall–Kier alpha value is -1.70. The molecule has 0 aliphatic carbocycles. The Kier molecular flexibility index (Phi) is 5.79. The predicted molar refractivity (Wildman–Crippen MR) is 111 cm³/mol. The second-order valence-electron chi connectivity index (χ2n) is 6.53. The van der Waals surface area contributed by atoms with E-state index in [1.54, 1.807) is 17.1 Å². The summed E-state index contributed by atoms with van der Waals surface area (Å²) in [6.45, 7) is 2.30. The van der Waals surface area contributed by atoms with Gasteiger partial charge in [-0.3, -0.25) is 4.79 Å². The van der Waals surface area contributed by atoms with E-state index in [0.717, 1.165) is 14.8 Å². The van der Waals surface area contributed by atoms with Gasteiger partial charge in [-0.2, -0.15) is 0 Å². The molecule has 0 unspecified atom stereocenters. The minimum Gasteiger partial charge on any atom is -0.396 e. The van der Waals surface area contributed by atoms with Gasteiger partial charge in [0.15, 0.2) is 5.60 Å². The second-order valence-corrected chi connectivity index (χ2v) is 7.78. The summed E-state index contributed by atoms with van der Waals surface area (Å²) >= 11 is 2.25. The largest absolute Gasteiger partial charge is 0.396 e. The van der Waals surface area contributed by atoms with Crippen molar-refractivity contribution in [2.45, 2.75) is 25.5 Å². The zero-order valence-electron chi connectivity index (χ0n) is 14.6. The summed E-state index contributed by atoms with van der Waals surface area (Å²) in [6.07, 6.45) is 4.11. The molecular formula is C21H22INO3. The van der Waals surface area contributed by atoms with Crippen LogP contribution in [-0.4, -0.2) is 22.7 Å². The van der Waals surface area contributed by atoms with Crippen LogP contribution in [0.3, 0.4) is 0 Å². The molecule has 26 heavy (non-hydrogen) atoms. The lowest BCUT2D eigenvalue weighted by Gasteiger charge is -2.27. The molecule has 0 saturated heterocycles. The third kappa shape index (κ3) is 3.43. The van der Waals surface area contributed by atoms with Crippen LogP contribution >= 0.6 is 22.6 Å². The maximum absolute atomic E-state index is 13.2. The van der Waals surface area contributed by atoms with Gasteiger partial charge in [0.1, 0.15) is 0 Å². The monoisotopic (exact) mass is 463 g/mol. The molecule has 1 heterocycles. The summed E-state index contributed by atoms with van der Waals surface area (Å²) in [4.78, 5) is 14.9. The minimum atomic E-state index is -1.59. The number of rotatable bonds is 6. The fourth-order valence-corrected chi connectivity index (χ4v) is 4.00. The fourth-order valence-electron chi connectivity index (χ4n) is 3.39. The third-order valence-corrected chi connectivity index (χ3v) is 5.46. The van der Waals surface area contributed by atoms with Gasteiger partial charge in [0.05, 0.1) is 12.2 Å². The van der Waals surface area contributed by atoms with E-state index in [1.165, 1.54) is 0 Å². The van der Waals surface area contributed by atoms with Gasteiger partial charge in [0.25, 0.3) is 5.91 Å². The molecule has 0 radical (unpaired) electrons. The lowest BCUT2D eigenvalue weighted by Crippen LogP contribution is -2.44. The van der Waals surface area contributed by atoms with E-state index in [-0.39, 0.29) is 12.5 Å². The SMILES string of the molecule is C[C@@H](/C=C/CCO)[C@]1(O)C(=O)N(Cc2cccc(I)c2)c2ccccc21. The fraction of sp³-hybridized carbons (Fsp3) is 0.286. The van der Waals surface area contributed by atoms with E-state index in [4.69, 9.17) is 5.11 Å². The number of hydrogen-bond donors (Lipinski definition) is 2. The van der Waals surface area contributed by atoms with Crippen LogP contribution in [0.2, 0.25) is 0 Å². The van der Waals surface area contributed by atoms with E-state index >= 15 is 0 Å². The number of benzene rings is 2. The Bertz CT molecular complexity index is 836. The molecule has 2 aromatic carbocycles. The first-order valence-electron chi connectivity index (χ1n) is 8.64. The van der Waals surface area contributed by atoms with Gasteiger partial charge >= 0.3 is 0 Å². The van der Waals surface area contributed by atoms with E-state index in [2.05, 4.69) is 22.6 Å². The van der Waals surface area contributed by atoms with Crippen LogP contribution in [0.4, 0.5) is 5.69 Å². The molecule has 0 spiro atoms. The number of para-hydroxylation sites is 1. The Morgan fingerprint density at radius 2 is 2.00 bits per heavy atom. The standard InChI is InChI=1S/C21H22INO3/c1-15(7-4-5-12-24)21(26)18-10-2-3-11-19(18)23(20(21)25)14-16-8-6-9-17(22)13-16/h2-4,6-11,13,15,24,26H,5,12,14H2,1H3/b7-4+/t15-,21+/m0/s1. The van der Waals surface area contributed by atoms with E-state index in [9.17, 15) is 9.90 Å². The van der Waals surface area contributed by atoms with Crippen LogP contribution in [0.25, 0.3) is 0 Å². The summed E-state index contributed by atoms with van der Waals surface area (Å²) in [5.74, 6) is -0.706. The number of nitrogens with zero attached hydrogens (tertiary/aromatic N) is 1. The van der Waals surface area contributed by atoms with Crippen LogP contribution in [0.1, 0.15) is 24.5 Å². The lowest BCUT2D eigenvalue weighted by atomic mass is 9.83. The molecule has 2 aromatic rings. The summed E-state index contributed by atoms with van der Waals surface area (Å²) in [7, 11) is 0. The molecule has 0 saturated carbocycles. The van der Waals surface area contributed by atoms with Gasteiger partial charge in [-0.25, -0.2) is 0 Å². The molecule has 3 rings (SSSR count). The average Bonchev–Trinajstić information content (AvgIpc) is 2.85. The molecule has 2 N–H and O–H groups in total. The van der Waals surface area contributed by atoms with Gasteiger partial charge in [0, 0.05) is 21.7 Å². The van der Waals surface area contributed by atoms with Crippen LogP contribution in [0, 0.1) is 9.49 Å². The number of amides is 1. The number of aliphatic hydroxyl groups excluding tert-OH is 1. The molecule has 1 aliphatic heterocycles. The van der Waals surface area contributed by atoms with Crippen LogP contribution < -0.4 is 4.90 Å².